The Morgan fingerprint density at radius 2 is 1.95 bits per heavy atom. The molecule has 0 aliphatic rings. The van der Waals surface area contributed by atoms with Crippen LogP contribution < -0.4 is 5.32 Å². The molecule has 0 unspecified atom stereocenters. The average molecular weight is 417 g/mol. The Balaban J connectivity index is 2.73. The minimum absolute atomic E-state index is 0.0512. The molecular formula is C13H19F3IN3O. The van der Waals surface area contributed by atoms with Gasteiger partial charge in [0.25, 0.3) is 0 Å². The SMILES string of the molecule is CNc1nc(CCOCC(F)(F)F)nc(CC(C)C)c1I. The van der Waals surface area contributed by atoms with Gasteiger partial charge in [-0.3, -0.25) is 0 Å². The molecular weight excluding hydrogens is 398 g/mol. The van der Waals surface area contributed by atoms with E-state index >= 15 is 0 Å². The second kappa shape index (κ2) is 8.11. The molecule has 120 valence electrons. The minimum Gasteiger partial charge on any atom is -0.372 e. The maximum Gasteiger partial charge on any atom is 0.411 e. The highest BCUT2D eigenvalue weighted by Crippen LogP contribution is 2.21. The van der Waals surface area contributed by atoms with Gasteiger partial charge in [-0.15, -0.1) is 0 Å². The normalized spacial score (nSPS) is 12.0. The first-order chi connectivity index (χ1) is 9.73. The lowest BCUT2D eigenvalue weighted by molar-refractivity contribution is -0.173. The summed E-state index contributed by atoms with van der Waals surface area (Å²) in [6.45, 7) is 2.88. The van der Waals surface area contributed by atoms with Gasteiger partial charge in [0.15, 0.2) is 0 Å². The number of hydrogen-bond donors (Lipinski definition) is 1. The minimum atomic E-state index is -4.30. The molecule has 0 spiro atoms. The number of alkyl halides is 3. The summed E-state index contributed by atoms with van der Waals surface area (Å²) in [6, 6.07) is 0. The third kappa shape index (κ3) is 6.77. The molecule has 0 aromatic carbocycles. The van der Waals surface area contributed by atoms with Crippen LogP contribution in [0.2, 0.25) is 0 Å². The molecule has 1 aromatic heterocycles. The van der Waals surface area contributed by atoms with Crippen molar-refractivity contribution in [1.29, 1.82) is 0 Å². The topological polar surface area (TPSA) is 47.0 Å². The van der Waals surface area contributed by atoms with Gasteiger partial charge in [-0.1, -0.05) is 13.8 Å². The Hall–Kier alpha value is -0.640. The van der Waals surface area contributed by atoms with E-state index < -0.39 is 12.8 Å². The van der Waals surface area contributed by atoms with E-state index in [2.05, 4.69) is 56.5 Å². The lowest BCUT2D eigenvalue weighted by Gasteiger charge is -2.13. The van der Waals surface area contributed by atoms with Crippen LogP contribution in [0.4, 0.5) is 19.0 Å². The molecule has 0 bridgehead atoms. The van der Waals surface area contributed by atoms with Crippen molar-refractivity contribution in [3.63, 3.8) is 0 Å². The zero-order valence-corrected chi connectivity index (χ0v) is 14.4. The third-order valence-electron chi connectivity index (χ3n) is 2.54. The number of nitrogens with one attached hydrogen (secondary N) is 1. The number of nitrogens with zero attached hydrogens (tertiary/aromatic N) is 2. The smallest absolute Gasteiger partial charge is 0.372 e. The number of aromatic nitrogens is 2. The molecule has 21 heavy (non-hydrogen) atoms. The first-order valence-corrected chi connectivity index (χ1v) is 7.68. The molecule has 1 N–H and O–H groups in total. The van der Waals surface area contributed by atoms with Crippen LogP contribution in [0.15, 0.2) is 0 Å². The van der Waals surface area contributed by atoms with Crippen molar-refractivity contribution in [2.24, 2.45) is 5.92 Å². The van der Waals surface area contributed by atoms with Gasteiger partial charge in [0.1, 0.15) is 18.2 Å². The molecule has 0 aliphatic carbocycles. The molecule has 1 rings (SSSR count). The van der Waals surface area contributed by atoms with Crippen molar-refractivity contribution in [2.75, 3.05) is 25.6 Å². The van der Waals surface area contributed by atoms with Gasteiger partial charge in [0.2, 0.25) is 0 Å². The van der Waals surface area contributed by atoms with Gasteiger partial charge < -0.3 is 10.1 Å². The van der Waals surface area contributed by atoms with E-state index in [0.29, 0.717) is 17.6 Å². The van der Waals surface area contributed by atoms with Crippen molar-refractivity contribution in [2.45, 2.75) is 32.9 Å². The largest absolute Gasteiger partial charge is 0.411 e. The molecule has 0 fully saturated rings. The predicted molar refractivity (Wildman–Crippen MR) is 83.4 cm³/mol. The maximum absolute atomic E-state index is 12.0. The summed E-state index contributed by atoms with van der Waals surface area (Å²) in [5.41, 5.74) is 0.913. The lowest BCUT2D eigenvalue weighted by Crippen LogP contribution is -2.18. The number of rotatable bonds is 7. The van der Waals surface area contributed by atoms with Crippen LogP contribution in [0, 0.1) is 9.49 Å². The van der Waals surface area contributed by atoms with E-state index in [0.717, 1.165) is 15.7 Å². The van der Waals surface area contributed by atoms with Crippen LogP contribution in [0.25, 0.3) is 0 Å². The molecule has 0 radical (unpaired) electrons. The van der Waals surface area contributed by atoms with Crippen LogP contribution in [-0.2, 0) is 17.6 Å². The molecule has 0 amide bonds. The molecule has 0 saturated carbocycles. The summed E-state index contributed by atoms with van der Waals surface area (Å²) in [6.07, 6.45) is -3.25. The van der Waals surface area contributed by atoms with Crippen molar-refractivity contribution in [3.8, 4) is 0 Å². The van der Waals surface area contributed by atoms with Crippen LogP contribution in [-0.4, -0.2) is 36.4 Å². The maximum atomic E-state index is 12.0. The highest BCUT2D eigenvalue weighted by Gasteiger charge is 2.27. The summed E-state index contributed by atoms with van der Waals surface area (Å²) in [7, 11) is 1.76. The number of anilines is 1. The van der Waals surface area contributed by atoms with Crippen molar-refractivity contribution in [3.05, 3.63) is 15.1 Å². The molecule has 1 aromatic rings. The van der Waals surface area contributed by atoms with E-state index in [1.165, 1.54) is 0 Å². The summed E-state index contributed by atoms with van der Waals surface area (Å²) < 4.78 is 41.5. The van der Waals surface area contributed by atoms with E-state index in [9.17, 15) is 13.2 Å². The Bertz CT molecular complexity index is 467. The molecule has 0 aliphatic heterocycles. The molecule has 4 nitrogen and oxygen atoms in total. The lowest BCUT2D eigenvalue weighted by atomic mass is 10.1. The number of hydrogen-bond acceptors (Lipinski definition) is 4. The van der Waals surface area contributed by atoms with Crippen molar-refractivity contribution < 1.29 is 17.9 Å². The third-order valence-corrected chi connectivity index (χ3v) is 3.67. The Morgan fingerprint density at radius 3 is 2.48 bits per heavy atom. The Labute approximate surface area is 136 Å². The molecule has 0 atom stereocenters. The van der Waals surface area contributed by atoms with Gasteiger partial charge in [-0.2, -0.15) is 13.2 Å². The average Bonchev–Trinajstić information content (AvgIpc) is 2.36. The molecule has 0 saturated heterocycles. The summed E-state index contributed by atoms with van der Waals surface area (Å²) in [5, 5.41) is 2.98. The Kier molecular flexibility index (Phi) is 7.11. The highest BCUT2D eigenvalue weighted by atomic mass is 127. The highest BCUT2D eigenvalue weighted by molar-refractivity contribution is 14.1. The fourth-order valence-electron chi connectivity index (χ4n) is 1.70. The first kappa shape index (κ1) is 18.4. The predicted octanol–water partition coefficient (Wildman–Crippen LogP) is 3.44. The number of halogens is 4. The van der Waals surface area contributed by atoms with Gasteiger partial charge in [0, 0.05) is 13.5 Å². The van der Waals surface area contributed by atoms with Crippen LogP contribution in [0.1, 0.15) is 25.4 Å². The second-order valence-electron chi connectivity index (χ2n) is 5.01. The van der Waals surface area contributed by atoms with E-state index in [-0.39, 0.29) is 13.0 Å². The summed E-state index contributed by atoms with van der Waals surface area (Å²) in [4.78, 5) is 8.74. The Morgan fingerprint density at radius 1 is 1.29 bits per heavy atom. The van der Waals surface area contributed by atoms with Gasteiger partial charge in [0.05, 0.1) is 15.9 Å². The number of ether oxygens (including phenoxy) is 1. The molecule has 8 heteroatoms. The first-order valence-electron chi connectivity index (χ1n) is 6.60. The van der Waals surface area contributed by atoms with E-state index in [4.69, 9.17) is 0 Å². The summed E-state index contributed by atoms with van der Waals surface area (Å²) in [5.74, 6) is 1.64. The van der Waals surface area contributed by atoms with E-state index in [1.807, 2.05) is 0 Å². The zero-order valence-electron chi connectivity index (χ0n) is 12.2. The fourth-order valence-corrected chi connectivity index (χ4v) is 2.43. The standard InChI is InChI=1S/C13H19F3IN3O/c1-8(2)6-9-11(17)12(18-3)20-10(19-9)4-5-21-7-13(14,15)16/h8H,4-7H2,1-3H3,(H,18,19,20). The van der Waals surface area contributed by atoms with Crippen LogP contribution in [0.5, 0.6) is 0 Å². The van der Waals surface area contributed by atoms with Gasteiger partial charge in [-0.25, -0.2) is 9.97 Å². The molecule has 1 heterocycles. The second-order valence-corrected chi connectivity index (χ2v) is 6.09. The van der Waals surface area contributed by atoms with Crippen LogP contribution >= 0.6 is 22.6 Å². The summed E-state index contributed by atoms with van der Waals surface area (Å²) >= 11 is 2.18. The van der Waals surface area contributed by atoms with E-state index in [1.54, 1.807) is 7.05 Å². The zero-order chi connectivity index (χ0) is 16.0. The van der Waals surface area contributed by atoms with Crippen LogP contribution in [0.3, 0.4) is 0 Å². The van der Waals surface area contributed by atoms with Gasteiger partial charge in [-0.05, 0) is 34.9 Å². The monoisotopic (exact) mass is 417 g/mol. The van der Waals surface area contributed by atoms with Crippen molar-refractivity contribution in [1.82, 2.24) is 9.97 Å². The fraction of sp³-hybridized carbons (Fsp3) is 0.692. The quantitative estimate of drug-likeness (QED) is 0.546. The van der Waals surface area contributed by atoms with Gasteiger partial charge >= 0.3 is 6.18 Å². The van der Waals surface area contributed by atoms with Crippen molar-refractivity contribution >= 4 is 28.4 Å².